The molecule has 5 heteroatoms. The SMILES string of the molecule is COc1ccc([C@H](N)CC#N)c(OC)c1OC. The summed E-state index contributed by atoms with van der Waals surface area (Å²) in [6.45, 7) is 0. The first-order valence-electron chi connectivity index (χ1n) is 5.11. The minimum absolute atomic E-state index is 0.214. The summed E-state index contributed by atoms with van der Waals surface area (Å²) in [5.74, 6) is 1.56. The molecule has 0 saturated heterocycles. The second-order valence-electron chi connectivity index (χ2n) is 3.39. The number of ether oxygens (including phenoxy) is 3. The average Bonchev–Trinajstić information content (AvgIpc) is 2.36. The van der Waals surface area contributed by atoms with Gasteiger partial charge in [-0.05, 0) is 12.1 Å². The molecule has 5 nitrogen and oxygen atoms in total. The molecule has 1 rings (SSSR count). The molecule has 0 fully saturated rings. The Hall–Kier alpha value is -1.93. The number of nitrogens with zero attached hydrogens (tertiary/aromatic N) is 1. The number of methoxy groups -OCH3 is 3. The first-order valence-corrected chi connectivity index (χ1v) is 5.11. The van der Waals surface area contributed by atoms with E-state index in [2.05, 4.69) is 0 Å². The van der Waals surface area contributed by atoms with Crippen molar-refractivity contribution in [2.75, 3.05) is 21.3 Å². The Balaban J connectivity index is 3.28. The molecular formula is C12H16N2O3. The quantitative estimate of drug-likeness (QED) is 0.840. The van der Waals surface area contributed by atoms with Gasteiger partial charge in [-0.3, -0.25) is 0 Å². The molecule has 0 saturated carbocycles. The van der Waals surface area contributed by atoms with Gasteiger partial charge in [-0.25, -0.2) is 0 Å². The Kier molecular flexibility index (Phi) is 4.61. The van der Waals surface area contributed by atoms with Crippen LogP contribution in [0, 0.1) is 11.3 Å². The van der Waals surface area contributed by atoms with Gasteiger partial charge in [0.1, 0.15) is 0 Å². The van der Waals surface area contributed by atoms with E-state index in [0.717, 1.165) is 5.56 Å². The van der Waals surface area contributed by atoms with E-state index in [1.165, 1.54) is 14.2 Å². The third-order valence-corrected chi connectivity index (χ3v) is 2.45. The summed E-state index contributed by atoms with van der Waals surface area (Å²) in [5.41, 5.74) is 6.63. The van der Waals surface area contributed by atoms with Gasteiger partial charge in [0.15, 0.2) is 11.5 Å². The molecule has 1 atom stereocenters. The maximum atomic E-state index is 8.66. The monoisotopic (exact) mass is 236 g/mol. The van der Waals surface area contributed by atoms with Crippen LogP contribution in [0.3, 0.4) is 0 Å². The molecule has 0 spiro atoms. The summed E-state index contributed by atoms with van der Waals surface area (Å²) in [5, 5.41) is 8.66. The normalized spacial score (nSPS) is 11.5. The van der Waals surface area contributed by atoms with E-state index in [9.17, 15) is 0 Å². The van der Waals surface area contributed by atoms with Crippen molar-refractivity contribution >= 4 is 0 Å². The van der Waals surface area contributed by atoms with Gasteiger partial charge < -0.3 is 19.9 Å². The standard InChI is InChI=1S/C12H16N2O3/c1-15-10-5-4-8(9(14)6-7-13)11(16-2)12(10)17-3/h4-5,9H,6,14H2,1-3H3/t9-/m1/s1. The van der Waals surface area contributed by atoms with E-state index in [1.807, 2.05) is 6.07 Å². The van der Waals surface area contributed by atoms with Crippen molar-refractivity contribution in [2.45, 2.75) is 12.5 Å². The minimum Gasteiger partial charge on any atom is -0.493 e. The molecule has 1 aromatic rings. The predicted octanol–water partition coefficient (Wildman–Crippen LogP) is 1.63. The number of nitriles is 1. The average molecular weight is 236 g/mol. The van der Waals surface area contributed by atoms with Crippen LogP contribution < -0.4 is 19.9 Å². The molecule has 17 heavy (non-hydrogen) atoms. The van der Waals surface area contributed by atoms with Crippen molar-refractivity contribution in [1.29, 1.82) is 5.26 Å². The molecule has 2 N–H and O–H groups in total. The molecule has 0 aliphatic carbocycles. The molecule has 0 amide bonds. The van der Waals surface area contributed by atoms with Gasteiger partial charge in [0.05, 0.1) is 33.8 Å². The van der Waals surface area contributed by atoms with Crippen LogP contribution in [0.1, 0.15) is 18.0 Å². The van der Waals surface area contributed by atoms with Gasteiger partial charge in [0.25, 0.3) is 0 Å². The molecule has 0 radical (unpaired) electrons. The summed E-state index contributed by atoms with van der Waals surface area (Å²) < 4.78 is 15.7. The lowest BCUT2D eigenvalue weighted by molar-refractivity contribution is 0.321. The molecule has 0 aliphatic heterocycles. The molecular weight excluding hydrogens is 220 g/mol. The van der Waals surface area contributed by atoms with Crippen molar-refractivity contribution in [1.82, 2.24) is 0 Å². The lowest BCUT2D eigenvalue weighted by atomic mass is 10.0. The zero-order valence-electron chi connectivity index (χ0n) is 10.2. The smallest absolute Gasteiger partial charge is 0.203 e. The van der Waals surface area contributed by atoms with Crippen LogP contribution in [0.25, 0.3) is 0 Å². The second kappa shape index (κ2) is 5.97. The van der Waals surface area contributed by atoms with Crippen LogP contribution in [-0.2, 0) is 0 Å². The largest absolute Gasteiger partial charge is 0.493 e. The fourth-order valence-corrected chi connectivity index (χ4v) is 1.62. The second-order valence-corrected chi connectivity index (χ2v) is 3.39. The molecule has 0 heterocycles. The highest BCUT2D eigenvalue weighted by atomic mass is 16.5. The van der Waals surface area contributed by atoms with Crippen molar-refractivity contribution in [3.8, 4) is 23.3 Å². The van der Waals surface area contributed by atoms with Crippen LogP contribution >= 0.6 is 0 Å². The van der Waals surface area contributed by atoms with Gasteiger partial charge in [0, 0.05) is 11.6 Å². The number of rotatable bonds is 5. The van der Waals surface area contributed by atoms with E-state index >= 15 is 0 Å². The van der Waals surface area contributed by atoms with E-state index < -0.39 is 6.04 Å². The summed E-state index contributed by atoms with van der Waals surface area (Å²) in [6, 6.07) is 5.15. The summed E-state index contributed by atoms with van der Waals surface area (Å²) in [4.78, 5) is 0. The Morgan fingerprint density at radius 2 is 1.82 bits per heavy atom. The minimum atomic E-state index is -0.408. The number of benzene rings is 1. The van der Waals surface area contributed by atoms with Crippen LogP contribution in [0.5, 0.6) is 17.2 Å². The molecule has 92 valence electrons. The molecule has 0 aliphatic rings. The van der Waals surface area contributed by atoms with E-state index in [4.69, 9.17) is 25.2 Å². The fourth-order valence-electron chi connectivity index (χ4n) is 1.62. The van der Waals surface area contributed by atoms with Crippen molar-refractivity contribution < 1.29 is 14.2 Å². The van der Waals surface area contributed by atoms with Gasteiger partial charge in [-0.15, -0.1) is 0 Å². The van der Waals surface area contributed by atoms with Gasteiger partial charge in [-0.1, -0.05) is 0 Å². The summed E-state index contributed by atoms with van der Waals surface area (Å²) in [7, 11) is 4.60. The van der Waals surface area contributed by atoms with Gasteiger partial charge >= 0.3 is 0 Å². The number of nitrogens with two attached hydrogens (primary N) is 1. The Morgan fingerprint density at radius 1 is 1.18 bits per heavy atom. The van der Waals surface area contributed by atoms with Crippen molar-refractivity contribution in [2.24, 2.45) is 5.73 Å². The fraction of sp³-hybridized carbons (Fsp3) is 0.417. The zero-order valence-corrected chi connectivity index (χ0v) is 10.2. The molecule has 0 bridgehead atoms. The van der Waals surface area contributed by atoms with Gasteiger partial charge in [-0.2, -0.15) is 5.26 Å². The summed E-state index contributed by atoms with van der Waals surface area (Å²) in [6.07, 6.45) is 0.214. The number of hydrogen-bond donors (Lipinski definition) is 1. The lowest BCUT2D eigenvalue weighted by Crippen LogP contribution is -2.11. The summed E-state index contributed by atoms with van der Waals surface area (Å²) >= 11 is 0. The topological polar surface area (TPSA) is 77.5 Å². The van der Waals surface area contributed by atoms with Crippen LogP contribution in [0.4, 0.5) is 0 Å². The van der Waals surface area contributed by atoms with Crippen LogP contribution in [0.2, 0.25) is 0 Å². The predicted molar refractivity (Wildman–Crippen MR) is 63.3 cm³/mol. The van der Waals surface area contributed by atoms with E-state index in [1.54, 1.807) is 19.2 Å². The third-order valence-electron chi connectivity index (χ3n) is 2.45. The first-order chi connectivity index (χ1) is 8.19. The highest BCUT2D eigenvalue weighted by Gasteiger charge is 2.19. The van der Waals surface area contributed by atoms with Crippen LogP contribution in [0.15, 0.2) is 12.1 Å². The lowest BCUT2D eigenvalue weighted by Gasteiger charge is -2.18. The third kappa shape index (κ3) is 2.60. The van der Waals surface area contributed by atoms with E-state index in [-0.39, 0.29) is 6.42 Å². The Morgan fingerprint density at radius 3 is 2.29 bits per heavy atom. The van der Waals surface area contributed by atoms with Crippen molar-refractivity contribution in [3.63, 3.8) is 0 Å². The van der Waals surface area contributed by atoms with Crippen molar-refractivity contribution in [3.05, 3.63) is 17.7 Å². The molecule has 0 aromatic heterocycles. The maximum Gasteiger partial charge on any atom is 0.203 e. The highest BCUT2D eigenvalue weighted by Crippen LogP contribution is 2.41. The highest BCUT2D eigenvalue weighted by molar-refractivity contribution is 5.56. The van der Waals surface area contributed by atoms with Crippen LogP contribution in [-0.4, -0.2) is 21.3 Å². The van der Waals surface area contributed by atoms with E-state index in [0.29, 0.717) is 17.2 Å². The van der Waals surface area contributed by atoms with Gasteiger partial charge in [0.2, 0.25) is 5.75 Å². The number of hydrogen-bond acceptors (Lipinski definition) is 5. The Labute approximate surface area is 101 Å². The zero-order chi connectivity index (χ0) is 12.8. The molecule has 0 unspecified atom stereocenters. The molecule has 1 aromatic carbocycles. The maximum absolute atomic E-state index is 8.66. The Bertz CT molecular complexity index is 426. The first kappa shape index (κ1) is 13.1.